The van der Waals surface area contributed by atoms with Gasteiger partial charge in [-0.3, -0.25) is 10.2 Å². The van der Waals surface area contributed by atoms with E-state index in [1.54, 1.807) is 11.1 Å². The van der Waals surface area contributed by atoms with Gasteiger partial charge < -0.3 is 10.6 Å². The molecule has 0 bridgehead atoms. The summed E-state index contributed by atoms with van der Waals surface area (Å²) in [5.74, 6) is 0.0781. The maximum atomic E-state index is 11.0. The average molecular weight is 167 g/mol. The van der Waals surface area contributed by atoms with Crippen LogP contribution >= 0.6 is 0 Å². The van der Waals surface area contributed by atoms with Gasteiger partial charge in [0.05, 0.1) is 0 Å². The maximum Gasteiger partial charge on any atom is 0.192 e. The molecular formula is C8H13N3O. The van der Waals surface area contributed by atoms with Gasteiger partial charge in [0.15, 0.2) is 11.7 Å². The molecule has 0 spiro atoms. The number of carbonyl (C=O) groups excluding carboxylic acids is 1. The van der Waals surface area contributed by atoms with Crippen molar-refractivity contribution in [3.8, 4) is 0 Å². The standard InChI is InChI=1S/C8H13N3O/c1-6(12)7-3-2-4-11(5-7)8(9)10/h5H,2-4H2,1H3,(H3,9,10). The maximum absolute atomic E-state index is 11.0. The predicted molar refractivity (Wildman–Crippen MR) is 46.6 cm³/mol. The Balaban J connectivity index is 2.76. The summed E-state index contributed by atoms with van der Waals surface area (Å²) in [6, 6.07) is 0. The molecule has 0 aromatic carbocycles. The molecule has 0 saturated carbocycles. The highest BCUT2D eigenvalue weighted by Gasteiger charge is 2.14. The van der Waals surface area contributed by atoms with Crippen LogP contribution < -0.4 is 5.73 Å². The van der Waals surface area contributed by atoms with E-state index in [2.05, 4.69) is 0 Å². The third-order valence-electron chi connectivity index (χ3n) is 1.92. The third-order valence-corrected chi connectivity index (χ3v) is 1.92. The van der Waals surface area contributed by atoms with Gasteiger partial charge in [0.2, 0.25) is 0 Å². The van der Waals surface area contributed by atoms with E-state index in [4.69, 9.17) is 11.1 Å². The molecule has 0 fully saturated rings. The fourth-order valence-electron chi connectivity index (χ4n) is 1.21. The average Bonchev–Trinajstić information content (AvgIpc) is 2.04. The minimum absolute atomic E-state index is 0.00782. The van der Waals surface area contributed by atoms with E-state index in [1.807, 2.05) is 0 Å². The lowest BCUT2D eigenvalue weighted by molar-refractivity contribution is -0.113. The minimum Gasteiger partial charge on any atom is -0.370 e. The van der Waals surface area contributed by atoms with Crippen LogP contribution in [0.5, 0.6) is 0 Å². The molecule has 0 amide bonds. The highest BCUT2D eigenvalue weighted by Crippen LogP contribution is 2.14. The molecule has 0 aromatic rings. The fraction of sp³-hybridized carbons (Fsp3) is 0.500. The van der Waals surface area contributed by atoms with Gasteiger partial charge in [-0.25, -0.2) is 0 Å². The second kappa shape index (κ2) is 3.38. The van der Waals surface area contributed by atoms with Crippen LogP contribution in [0.25, 0.3) is 0 Å². The summed E-state index contributed by atoms with van der Waals surface area (Å²) in [5.41, 5.74) is 6.04. The van der Waals surface area contributed by atoms with Gasteiger partial charge in [-0.2, -0.15) is 0 Å². The second-order valence-corrected chi connectivity index (χ2v) is 2.89. The van der Waals surface area contributed by atoms with Crippen LogP contribution in [0.15, 0.2) is 11.8 Å². The SMILES string of the molecule is CC(=O)C1=CN(C(=N)N)CCC1. The molecule has 4 nitrogen and oxygen atoms in total. The third kappa shape index (κ3) is 1.84. The van der Waals surface area contributed by atoms with Gasteiger partial charge in [0.25, 0.3) is 0 Å². The molecule has 1 aliphatic heterocycles. The van der Waals surface area contributed by atoms with E-state index in [9.17, 15) is 4.79 Å². The van der Waals surface area contributed by atoms with E-state index < -0.39 is 0 Å². The first-order valence-electron chi connectivity index (χ1n) is 3.93. The highest BCUT2D eigenvalue weighted by molar-refractivity contribution is 5.94. The molecular weight excluding hydrogens is 154 g/mol. The molecule has 0 unspecified atom stereocenters. The smallest absolute Gasteiger partial charge is 0.192 e. The Morgan fingerprint density at radius 1 is 1.75 bits per heavy atom. The molecule has 0 aliphatic carbocycles. The van der Waals surface area contributed by atoms with E-state index in [0.717, 1.165) is 25.0 Å². The lowest BCUT2D eigenvalue weighted by atomic mass is 10.0. The Hall–Kier alpha value is -1.32. The lowest BCUT2D eigenvalue weighted by Crippen LogP contribution is -2.35. The lowest BCUT2D eigenvalue weighted by Gasteiger charge is -2.23. The number of rotatable bonds is 1. The second-order valence-electron chi connectivity index (χ2n) is 2.89. The number of ketones is 1. The molecule has 0 atom stereocenters. The number of allylic oxidation sites excluding steroid dienone is 1. The van der Waals surface area contributed by atoms with Crippen molar-refractivity contribution in [2.45, 2.75) is 19.8 Å². The van der Waals surface area contributed by atoms with Gasteiger partial charge in [-0.15, -0.1) is 0 Å². The molecule has 1 rings (SSSR count). The van der Waals surface area contributed by atoms with Crippen LogP contribution in [0.4, 0.5) is 0 Å². The molecule has 1 aliphatic rings. The van der Waals surface area contributed by atoms with Crippen molar-refractivity contribution in [1.29, 1.82) is 5.41 Å². The Morgan fingerprint density at radius 2 is 2.42 bits per heavy atom. The molecule has 1 heterocycles. The molecule has 0 aromatic heterocycles. The quantitative estimate of drug-likeness (QED) is 0.440. The van der Waals surface area contributed by atoms with E-state index >= 15 is 0 Å². The predicted octanol–water partition coefficient (Wildman–Crippen LogP) is 0.449. The van der Waals surface area contributed by atoms with E-state index in [1.165, 1.54) is 6.92 Å². The van der Waals surface area contributed by atoms with Crippen molar-refractivity contribution in [3.63, 3.8) is 0 Å². The summed E-state index contributed by atoms with van der Waals surface area (Å²) in [4.78, 5) is 12.6. The van der Waals surface area contributed by atoms with Crippen LogP contribution in [0.1, 0.15) is 19.8 Å². The van der Waals surface area contributed by atoms with Crippen LogP contribution in [0.2, 0.25) is 0 Å². The van der Waals surface area contributed by atoms with Crippen molar-refractivity contribution in [1.82, 2.24) is 4.90 Å². The summed E-state index contributed by atoms with van der Waals surface area (Å²) in [6.45, 7) is 2.28. The number of nitrogens with zero attached hydrogens (tertiary/aromatic N) is 1. The van der Waals surface area contributed by atoms with Crippen LogP contribution in [-0.4, -0.2) is 23.2 Å². The van der Waals surface area contributed by atoms with Crippen molar-refractivity contribution >= 4 is 11.7 Å². The first-order valence-corrected chi connectivity index (χ1v) is 3.93. The van der Waals surface area contributed by atoms with Crippen LogP contribution in [-0.2, 0) is 4.79 Å². The van der Waals surface area contributed by atoms with Crippen molar-refractivity contribution in [3.05, 3.63) is 11.8 Å². The first kappa shape index (κ1) is 8.77. The summed E-state index contributed by atoms with van der Waals surface area (Å²) in [5, 5.41) is 7.17. The molecule has 66 valence electrons. The largest absolute Gasteiger partial charge is 0.370 e. The Morgan fingerprint density at radius 3 is 2.92 bits per heavy atom. The number of carbonyl (C=O) groups is 1. The zero-order valence-electron chi connectivity index (χ0n) is 7.13. The normalized spacial score (nSPS) is 17.1. The summed E-state index contributed by atoms with van der Waals surface area (Å²) in [7, 11) is 0. The summed E-state index contributed by atoms with van der Waals surface area (Å²) in [6.07, 6.45) is 3.37. The van der Waals surface area contributed by atoms with Gasteiger partial charge in [0, 0.05) is 18.3 Å². The topological polar surface area (TPSA) is 70.2 Å². The number of guanidine groups is 1. The van der Waals surface area contributed by atoms with Crippen molar-refractivity contribution in [2.75, 3.05) is 6.54 Å². The molecule has 0 saturated heterocycles. The van der Waals surface area contributed by atoms with Gasteiger partial charge in [-0.1, -0.05) is 0 Å². The highest BCUT2D eigenvalue weighted by atomic mass is 16.1. The first-order chi connectivity index (χ1) is 5.61. The van der Waals surface area contributed by atoms with Gasteiger partial charge in [-0.05, 0) is 19.8 Å². The Kier molecular flexibility index (Phi) is 2.47. The molecule has 4 heteroatoms. The Bertz CT molecular complexity index is 245. The van der Waals surface area contributed by atoms with Gasteiger partial charge in [0.1, 0.15) is 0 Å². The summed E-state index contributed by atoms with van der Waals surface area (Å²) < 4.78 is 0. The fourth-order valence-corrected chi connectivity index (χ4v) is 1.21. The van der Waals surface area contributed by atoms with E-state index in [-0.39, 0.29) is 11.7 Å². The minimum atomic E-state index is 0.00782. The number of nitrogens with one attached hydrogen (secondary N) is 1. The van der Waals surface area contributed by atoms with E-state index in [0.29, 0.717) is 0 Å². The summed E-state index contributed by atoms with van der Waals surface area (Å²) >= 11 is 0. The zero-order chi connectivity index (χ0) is 9.14. The monoisotopic (exact) mass is 167 g/mol. The van der Waals surface area contributed by atoms with Crippen molar-refractivity contribution in [2.24, 2.45) is 5.73 Å². The molecule has 12 heavy (non-hydrogen) atoms. The van der Waals surface area contributed by atoms with Crippen LogP contribution in [0.3, 0.4) is 0 Å². The molecule has 0 radical (unpaired) electrons. The number of nitrogens with two attached hydrogens (primary N) is 1. The van der Waals surface area contributed by atoms with Crippen molar-refractivity contribution < 1.29 is 4.79 Å². The number of hydrogen-bond acceptors (Lipinski definition) is 2. The number of Topliss-reactive ketones (excluding diaryl/α,β-unsaturated/α-hetero) is 1. The molecule has 3 N–H and O–H groups in total. The van der Waals surface area contributed by atoms with Gasteiger partial charge >= 0.3 is 0 Å². The number of hydrogen-bond donors (Lipinski definition) is 2. The zero-order valence-corrected chi connectivity index (χ0v) is 7.13. The Labute approximate surface area is 71.5 Å². The van der Waals surface area contributed by atoms with Crippen LogP contribution in [0, 0.1) is 5.41 Å².